The van der Waals surface area contributed by atoms with Crippen molar-refractivity contribution in [3.8, 4) is 11.4 Å². The molecule has 4 heteroatoms. The molecular weight excluding hydrogens is 260 g/mol. The number of aromatic nitrogens is 2. The summed E-state index contributed by atoms with van der Waals surface area (Å²) in [4.78, 5) is 4.36. The topological polar surface area (TPSA) is 25.8 Å². The molecule has 0 fully saturated rings. The first-order valence-corrected chi connectivity index (χ1v) is 5.74. The van der Waals surface area contributed by atoms with Gasteiger partial charge in [-0.25, -0.2) is 4.98 Å². The highest BCUT2D eigenvalue weighted by Crippen LogP contribution is 2.20. The first-order chi connectivity index (χ1) is 6.79. The number of nitrogens with zero attached hydrogens (tertiary/aromatic N) is 2. The normalized spacial score (nSPS) is 10.4. The van der Waals surface area contributed by atoms with E-state index in [1.807, 2.05) is 24.3 Å². The molecule has 2 aromatic rings. The molecule has 1 radical (unpaired) electrons. The Morgan fingerprint density at radius 1 is 1.29 bits per heavy atom. The summed E-state index contributed by atoms with van der Waals surface area (Å²) in [7, 11) is 0. The van der Waals surface area contributed by atoms with Gasteiger partial charge in [0.2, 0.25) is 0 Å². The lowest BCUT2D eigenvalue weighted by Gasteiger charge is -1.94. The van der Waals surface area contributed by atoms with Gasteiger partial charge in [0.25, 0.3) is 0 Å². The van der Waals surface area contributed by atoms with Crippen molar-refractivity contribution in [2.24, 2.45) is 0 Å². The van der Waals surface area contributed by atoms with Gasteiger partial charge in [0, 0.05) is 16.5 Å². The van der Waals surface area contributed by atoms with Crippen molar-refractivity contribution in [3.05, 3.63) is 40.7 Å². The maximum Gasteiger partial charge on any atom is 0.173 e. The predicted octanol–water partition coefficient (Wildman–Crippen LogP) is 3.34. The van der Waals surface area contributed by atoms with Gasteiger partial charge in [0.05, 0.1) is 0 Å². The van der Waals surface area contributed by atoms with Crippen LogP contribution in [0.3, 0.4) is 0 Å². The smallest absolute Gasteiger partial charge is 0.173 e. The Morgan fingerprint density at radius 2 is 2.00 bits per heavy atom. The van der Waals surface area contributed by atoms with Crippen LogP contribution in [-0.4, -0.2) is 9.36 Å². The Balaban J connectivity index is 2.34. The Morgan fingerprint density at radius 3 is 2.57 bits per heavy atom. The first kappa shape index (κ1) is 9.80. The van der Waals surface area contributed by atoms with Crippen molar-refractivity contribution in [3.63, 3.8) is 0 Å². The third-order valence-corrected chi connectivity index (χ3v) is 3.08. The van der Waals surface area contributed by atoms with Crippen LogP contribution >= 0.6 is 27.5 Å². The molecule has 0 atom stereocenters. The standard InChI is InChI=1S/C10H8BrN2S/c1-2-9-12-10(13-14-9)7-3-5-8(11)6-4-7/h3-6H,1-2H2. The molecule has 2 rings (SSSR count). The molecule has 1 aromatic carbocycles. The van der Waals surface area contributed by atoms with E-state index in [1.54, 1.807) is 0 Å². The molecule has 0 spiro atoms. The van der Waals surface area contributed by atoms with Gasteiger partial charge in [0.15, 0.2) is 5.82 Å². The van der Waals surface area contributed by atoms with E-state index in [0.717, 1.165) is 20.9 Å². The molecule has 0 saturated carbocycles. The highest BCUT2D eigenvalue weighted by molar-refractivity contribution is 9.10. The number of halogens is 1. The fraction of sp³-hybridized carbons (Fsp3) is 0.100. The van der Waals surface area contributed by atoms with Crippen LogP contribution in [-0.2, 0) is 6.42 Å². The Bertz CT molecular complexity index is 422. The molecule has 0 aliphatic heterocycles. The summed E-state index contributed by atoms with van der Waals surface area (Å²) >= 11 is 4.80. The molecule has 14 heavy (non-hydrogen) atoms. The van der Waals surface area contributed by atoms with Gasteiger partial charge in [-0.1, -0.05) is 28.1 Å². The predicted molar refractivity (Wildman–Crippen MR) is 62.1 cm³/mol. The zero-order valence-corrected chi connectivity index (χ0v) is 9.81. The maximum atomic E-state index is 4.36. The zero-order chi connectivity index (χ0) is 9.97. The van der Waals surface area contributed by atoms with E-state index in [1.165, 1.54) is 11.5 Å². The third kappa shape index (κ3) is 2.01. The van der Waals surface area contributed by atoms with E-state index in [4.69, 9.17) is 0 Å². The van der Waals surface area contributed by atoms with Crippen LogP contribution in [0.4, 0.5) is 0 Å². The summed E-state index contributed by atoms with van der Waals surface area (Å²) < 4.78 is 5.33. The number of rotatable bonds is 2. The lowest BCUT2D eigenvalue weighted by molar-refractivity contribution is 1.17. The van der Waals surface area contributed by atoms with E-state index in [0.29, 0.717) is 6.42 Å². The highest BCUT2D eigenvalue weighted by atomic mass is 79.9. The van der Waals surface area contributed by atoms with Crippen LogP contribution in [0.25, 0.3) is 11.4 Å². The van der Waals surface area contributed by atoms with Gasteiger partial charge in [0.1, 0.15) is 5.01 Å². The SMILES string of the molecule is [CH2]Cc1nc(-c2ccc(Br)cc2)ns1. The first-order valence-electron chi connectivity index (χ1n) is 4.17. The van der Waals surface area contributed by atoms with Gasteiger partial charge < -0.3 is 0 Å². The average molecular weight is 268 g/mol. The largest absolute Gasteiger partial charge is 0.220 e. The van der Waals surface area contributed by atoms with E-state index in [9.17, 15) is 0 Å². The fourth-order valence-corrected chi connectivity index (χ4v) is 1.89. The van der Waals surface area contributed by atoms with Gasteiger partial charge in [-0.2, -0.15) is 4.37 Å². The molecule has 0 aliphatic carbocycles. The molecule has 2 nitrogen and oxygen atoms in total. The van der Waals surface area contributed by atoms with Gasteiger partial charge in [-0.3, -0.25) is 0 Å². The van der Waals surface area contributed by atoms with Crippen molar-refractivity contribution in [1.82, 2.24) is 9.36 Å². The van der Waals surface area contributed by atoms with Gasteiger partial charge >= 0.3 is 0 Å². The minimum atomic E-state index is 0.703. The van der Waals surface area contributed by atoms with E-state index >= 15 is 0 Å². The number of hydrogen-bond acceptors (Lipinski definition) is 3. The number of hydrogen-bond donors (Lipinski definition) is 0. The summed E-state index contributed by atoms with van der Waals surface area (Å²) in [5, 5.41) is 0.975. The van der Waals surface area contributed by atoms with E-state index in [-0.39, 0.29) is 0 Å². The minimum absolute atomic E-state index is 0.703. The second-order valence-electron chi connectivity index (χ2n) is 2.77. The van der Waals surface area contributed by atoms with Crippen molar-refractivity contribution in [1.29, 1.82) is 0 Å². The van der Waals surface area contributed by atoms with Crippen LogP contribution in [0.1, 0.15) is 5.01 Å². The van der Waals surface area contributed by atoms with Crippen molar-refractivity contribution < 1.29 is 0 Å². The van der Waals surface area contributed by atoms with Gasteiger partial charge in [-0.05, 0) is 30.6 Å². The van der Waals surface area contributed by atoms with Crippen LogP contribution in [0.5, 0.6) is 0 Å². The zero-order valence-electron chi connectivity index (χ0n) is 7.40. The third-order valence-electron chi connectivity index (χ3n) is 1.78. The van der Waals surface area contributed by atoms with Crippen LogP contribution < -0.4 is 0 Å². The van der Waals surface area contributed by atoms with E-state index < -0.39 is 0 Å². The average Bonchev–Trinajstić information content (AvgIpc) is 2.67. The van der Waals surface area contributed by atoms with Crippen LogP contribution in [0.15, 0.2) is 28.7 Å². The Kier molecular flexibility index (Phi) is 2.93. The summed E-state index contributed by atoms with van der Waals surface area (Å²) in [5.41, 5.74) is 1.05. The quantitative estimate of drug-likeness (QED) is 0.834. The summed E-state index contributed by atoms with van der Waals surface area (Å²) in [5.74, 6) is 0.793. The summed E-state index contributed by atoms with van der Waals surface area (Å²) in [6.07, 6.45) is 0.703. The second kappa shape index (κ2) is 4.19. The molecule has 0 saturated heterocycles. The second-order valence-corrected chi connectivity index (χ2v) is 4.52. The Labute approximate surface area is 95.3 Å². The molecule has 0 N–H and O–H groups in total. The van der Waals surface area contributed by atoms with E-state index in [2.05, 4.69) is 32.2 Å². The summed E-state index contributed by atoms with van der Waals surface area (Å²) in [6, 6.07) is 7.97. The summed E-state index contributed by atoms with van der Waals surface area (Å²) in [6.45, 7) is 3.78. The van der Waals surface area contributed by atoms with Crippen molar-refractivity contribution in [2.45, 2.75) is 6.42 Å². The Hall–Kier alpha value is -0.740. The lowest BCUT2D eigenvalue weighted by Crippen LogP contribution is -1.81. The fourth-order valence-electron chi connectivity index (χ4n) is 1.07. The highest BCUT2D eigenvalue weighted by Gasteiger charge is 2.04. The molecule has 0 bridgehead atoms. The molecule has 1 aromatic heterocycles. The molecule has 71 valence electrons. The molecule has 0 aliphatic rings. The molecule has 1 heterocycles. The van der Waals surface area contributed by atoms with Crippen molar-refractivity contribution >= 4 is 27.5 Å². The molecular formula is C10H8BrN2S. The lowest BCUT2D eigenvalue weighted by atomic mass is 10.2. The van der Waals surface area contributed by atoms with Crippen molar-refractivity contribution in [2.75, 3.05) is 0 Å². The monoisotopic (exact) mass is 267 g/mol. The van der Waals surface area contributed by atoms with Crippen LogP contribution in [0, 0.1) is 6.92 Å². The van der Waals surface area contributed by atoms with Gasteiger partial charge in [-0.15, -0.1) is 0 Å². The molecule has 0 amide bonds. The van der Waals surface area contributed by atoms with Crippen LogP contribution in [0.2, 0.25) is 0 Å². The number of benzene rings is 1. The molecule has 0 unspecified atom stereocenters. The maximum absolute atomic E-state index is 4.36. The minimum Gasteiger partial charge on any atom is -0.220 e.